The molecule has 6 nitrogen and oxygen atoms in total. The number of rotatable bonds is 3. The number of hydrogen-bond acceptors (Lipinski definition) is 5. The predicted octanol–water partition coefficient (Wildman–Crippen LogP) is 2.69. The van der Waals surface area contributed by atoms with Gasteiger partial charge in [-0.1, -0.05) is 11.6 Å². The quantitative estimate of drug-likeness (QED) is 0.850. The second-order valence-electron chi connectivity index (χ2n) is 4.05. The number of carbonyl (C=O) groups is 2. The molecule has 0 fully saturated rings. The standard InChI is InChI=1S/C13H12ClN3O3S/c1-7-5-9(10(20-2)6-8(7)14)16-11(18)12(19)17-13-15-3-4-21-13/h3-6H,1-2H3,(H,16,18)(H,15,17,19). The van der Waals surface area contributed by atoms with E-state index in [4.69, 9.17) is 16.3 Å². The fourth-order valence-corrected chi connectivity index (χ4v) is 2.23. The van der Waals surface area contributed by atoms with Crippen LogP contribution in [-0.4, -0.2) is 23.9 Å². The molecule has 0 aliphatic carbocycles. The fraction of sp³-hybridized carbons (Fsp3) is 0.154. The third-order valence-corrected chi connectivity index (χ3v) is 3.68. The second-order valence-corrected chi connectivity index (χ2v) is 5.35. The fourth-order valence-electron chi connectivity index (χ4n) is 1.55. The molecule has 0 atom stereocenters. The Morgan fingerprint density at radius 2 is 2.00 bits per heavy atom. The summed E-state index contributed by atoms with van der Waals surface area (Å²) in [7, 11) is 1.45. The third kappa shape index (κ3) is 3.71. The van der Waals surface area contributed by atoms with Gasteiger partial charge in [0.25, 0.3) is 0 Å². The van der Waals surface area contributed by atoms with E-state index in [1.54, 1.807) is 24.4 Å². The van der Waals surface area contributed by atoms with Gasteiger partial charge in [-0.2, -0.15) is 0 Å². The molecule has 2 rings (SSSR count). The van der Waals surface area contributed by atoms with E-state index >= 15 is 0 Å². The predicted molar refractivity (Wildman–Crippen MR) is 82.1 cm³/mol. The van der Waals surface area contributed by atoms with Crippen LogP contribution in [0.3, 0.4) is 0 Å². The minimum absolute atomic E-state index is 0.356. The molecule has 0 spiro atoms. The molecule has 0 bridgehead atoms. The van der Waals surface area contributed by atoms with Crippen LogP contribution in [0.5, 0.6) is 5.75 Å². The molecule has 2 N–H and O–H groups in total. The van der Waals surface area contributed by atoms with Crippen LogP contribution in [0.4, 0.5) is 10.8 Å². The first kappa shape index (κ1) is 15.3. The summed E-state index contributed by atoms with van der Waals surface area (Å²) in [5.74, 6) is -1.24. The number of benzene rings is 1. The van der Waals surface area contributed by atoms with Crippen molar-refractivity contribution in [1.29, 1.82) is 0 Å². The van der Waals surface area contributed by atoms with Crippen molar-refractivity contribution in [1.82, 2.24) is 4.98 Å². The summed E-state index contributed by atoms with van der Waals surface area (Å²) in [6.45, 7) is 1.78. The van der Waals surface area contributed by atoms with E-state index in [-0.39, 0.29) is 0 Å². The molecule has 1 heterocycles. The molecule has 2 amide bonds. The summed E-state index contributed by atoms with van der Waals surface area (Å²) < 4.78 is 5.13. The van der Waals surface area contributed by atoms with Crippen molar-refractivity contribution in [3.63, 3.8) is 0 Å². The Morgan fingerprint density at radius 3 is 2.62 bits per heavy atom. The Bertz CT molecular complexity index is 674. The molecule has 0 saturated heterocycles. The third-order valence-electron chi connectivity index (χ3n) is 2.59. The van der Waals surface area contributed by atoms with Crippen LogP contribution < -0.4 is 15.4 Å². The van der Waals surface area contributed by atoms with Crippen molar-refractivity contribution >= 4 is 45.6 Å². The maximum atomic E-state index is 11.9. The molecular formula is C13H12ClN3O3S. The summed E-state index contributed by atoms with van der Waals surface area (Å²) >= 11 is 7.20. The summed E-state index contributed by atoms with van der Waals surface area (Å²) in [4.78, 5) is 27.5. The SMILES string of the molecule is COc1cc(Cl)c(C)cc1NC(=O)C(=O)Nc1nccs1. The van der Waals surface area contributed by atoms with Gasteiger partial charge >= 0.3 is 11.8 Å². The van der Waals surface area contributed by atoms with Crippen LogP contribution >= 0.6 is 22.9 Å². The van der Waals surface area contributed by atoms with Gasteiger partial charge in [0.1, 0.15) is 5.75 Å². The first-order valence-electron chi connectivity index (χ1n) is 5.87. The van der Waals surface area contributed by atoms with Gasteiger partial charge in [0.15, 0.2) is 5.13 Å². The molecule has 1 aromatic carbocycles. The van der Waals surface area contributed by atoms with Crippen LogP contribution in [-0.2, 0) is 9.59 Å². The van der Waals surface area contributed by atoms with Crippen LogP contribution in [0.15, 0.2) is 23.7 Å². The zero-order chi connectivity index (χ0) is 15.4. The number of aromatic nitrogens is 1. The van der Waals surface area contributed by atoms with Crippen molar-refractivity contribution in [2.75, 3.05) is 17.7 Å². The van der Waals surface area contributed by atoms with Crippen LogP contribution in [0.25, 0.3) is 0 Å². The lowest BCUT2D eigenvalue weighted by Crippen LogP contribution is -2.29. The number of halogens is 1. The lowest BCUT2D eigenvalue weighted by Gasteiger charge is -2.11. The molecule has 21 heavy (non-hydrogen) atoms. The summed E-state index contributed by atoms with van der Waals surface area (Å²) in [5.41, 5.74) is 1.13. The first-order chi connectivity index (χ1) is 10.0. The topological polar surface area (TPSA) is 80.3 Å². The van der Waals surface area contributed by atoms with Gasteiger partial charge in [-0.05, 0) is 18.6 Å². The molecule has 2 aromatic rings. The van der Waals surface area contributed by atoms with Crippen LogP contribution in [0.1, 0.15) is 5.56 Å². The van der Waals surface area contributed by atoms with Gasteiger partial charge in [-0.15, -0.1) is 11.3 Å². The number of hydrogen-bond donors (Lipinski definition) is 2. The summed E-state index contributed by atoms with van der Waals surface area (Å²) in [6.07, 6.45) is 1.53. The number of thiazole rings is 1. The van der Waals surface area contributed by atoms with E-state index in [0.717, 1.165) is 5.56 Å². The molecule has 110 valence electrons. The average molecular weight is 326 g/mol. The van der Waals surface area contributed by atoms with E-state index in [2.05, 4.69) is 15.6 Å². The first-order valence-corrected chi connectivity index (χ1v) is 7.13. The van der Waals surface area contributed by atoms with Crippen molar-refractivity contribution in [2.45, 2.75) is 6.92 Å². The Balaban J connectivity index is 2.12. The number of ether oxygens (including phenoxy) is 1. The number of methoxy groups -OCH3 is 1. The minimum Gasteiger partial charge on any atom is -0.495 e. The maximum absolute atomic E-state index is 11.9. The number of nitrogens with zero attached hydrogens (tertiary/aromatic N) is 1. The monoisotopic (exact) mass is 325 g/mol. The lowest BCUT2D eigenvalue weighted by molar-refractivity contribution is -0.133. The number of aryl methyl sites for hydroxylation is 1. The minimum atomic E-state index is -0.815. The Hall–Kier alpha value is -2.12. The normalized spacial score (nSPS) is 10.0. The van der Waals surface area contributed by atoms with E-state index in [1.165, 1.54) is 24.6 Å². The number of anilines is 2. The van der Waals surface area contributed by atoms with E-state index in [9.17, 15) is 9.59 Å². The summed E-state index contributed by atoms with van der Waals surface area (Å²) in [6, 6.07) is 3.21. The highest BCUT2D eigenvalue weighted by atomic mass is 35.5. The Kier molecular flexibility index (Phi) is 4.77. The maximum Gasteiger partial charge on any atom is 0.315 e. The molecule has 0 aliphatic rings. The summed E-state index contributed by atoms with van der Waals surface area (Å²) in [5, 5.41) is 7.44. The Labute approximate surface area is 130 Å². The zero-order valence-electron chi connectivity index (χ0n) is 11.3. The largest absolute Gasteiger partial charge is 0.495 e. The van der Waals surface area contributed by atoms with Crippen molar-refractivity contribution in [2.24, 2.45) is 0 Å². The van der Waals surface area contributed by atoms with Crippen molar-refractivity contribution < 1.29 is 14.3 Å². The molecule has 0 unspecified atom stereocenters. The van der Waals surface area contributed by atoms with Gasteiger partial charge < -0.3 is 10.1 Å². The van der Waals surface area contributed by atoms with E-state index < -0.39 is 11.8 Å². The highest BCUT2D eigenvalue weighted by Crippen LogP contribution is 2.30. The van der Waals surface area contributed by atoms with Gasteiger partial charge in [0.2, 0.25) is 0 Å². The smallest absolute Gasteiger partial charge is 0.315 e. The van der Waals surface area contributed by atoms with Gasteiger partial charge in [-0.3, -0.25) is 14.9 Å². The lowest BCUT2D eigenvalue weighted by atomic mass is 10.2. The number of amides is 2. The van der Waals surface area contributed by atoms with Crippen molar-refractivity contribution in [3.05, 3.63) is 34.3 Å². The molecule has 0 radical (unpaired) electrons. The number of carbonyl (C=O) groups excluding carboxylic acids is 2. The van der Waals surface area contributed by atoms with Gasteiger partial charge in [-0.25, -0.2) is 4.98 Å². The highest BCUT2D eigenvalue weighted by molar-refractivity contribution is 7.13. The molecule has 8 heteroatoms. The zero-order valence-corrected chi connectivity index (χ0v) is 12.8. The van der Waals surface area contributed by atoms with Crippen LogP contribution in [0, 0.1) is 6.92 Å². The molecular weight excluding hydrogens is 314 g/mol. The molecule has 1 aromatic heterocycles. The highest BCUT2D eigenvalue weighted by Gasteiger charge is 2.17. The number of nitrogens with one attached hydrogen (secondary N) is 2. The van der Waals surface area contributed by atoms with Crippen molar-refractivity contribution in [3.8, 4) is 5.75 Å². The van der Waals surface area contributed by atoms with Gasteiger partial charge in [0.05, 0.1) is 12.8 Å². The Morgan fingerprint density at radius 1 is 1.29 bits per heavy atom. The van der Waals surface area contributed by atoms with Crippen LogP contribution in [0.2, 0.25) is 5.02 Å². The van der Waals surface area contributed by atoms with E-state index in [0.29, 0.717) is 21.6 Å². The van der Waals surface area contributed by atoms with Gasteiger partial charge in [0, 0.05) is 22.7 Å². The molecule has 0 saturated carbocycles. The second kappa shape index (κ2) is 6.55. The van der Waals surface area contributed by atoms with E-state index in [1.807, 2.05) is 0 Å². The average Bonchev–Trinajstić information content (AvgIpc) is 2.95. The molecule has 0 aliphatic heterocycles.